The molecule has 4 rings (SSSR count). The van der Waals surface area contributed by atoms with E-state index in [0.717, 1.165) is 63.6 Å². The van der Waals surface area contributed by atoms with Crippen molar-refractivity contribution in [1.29, 1.82) is 0 Å². The van der Waals surface area contributed by atoms with E-state index >= 15 is 0 Å². The summed E-state index contributed by atoms with van der Waals surface area (Å²) in [5, 5.41) is 0. The molecule has 2 fully saturated rings. The molecular weight excluding hydrogens is 354 g/mol. The average Bonchev–Trinajstić information content (AvgIpc) is 3.34. The van der Waals surface area contributed by atoms with Gasteiger partial charge in [0.1, 0.15) is 5.82 Å². The van der Waals surface area contributed by atoms with Crippen LogP contribution in [0.5, 0.6) is 11.5 Å². The zero-order valence-electron chi connectivity index (χ0n) is 17.2. The normalized spacial score (nSPS) is 21.2. The first kappa shape index (κ1) is 19.3. The van der Waals surface area contributed by atoms with Gasteiger partial charge >= 0.3 is 0 Å². The number of rotatable bonds is 6. The fourth-order valence-corrected chi connectivity index (χ4v) is 4.68. The summed E-state index contributed by atoms with van der Waals surface area (Å²) in [7, 11) is 3.40. The number of aryl methyl sites for hydroxylation is 1. The van der Waals surface area contributed by atoms with Gasteiger partial charge in [0.2, 0.25) is 0 Å². The minimum Gasteiger partial charge on any atom is -0.493 e. The largest absolute Gasteiger partial charge is 0.493 e. The highest BCUT2D eigenvalue weighted by molar-refractivity contribution is 5.46. The lowest BCUT2D eigenvalue weighted by molar-refractivity contribution is 0.0824. The summed E-state index contributed by atoms with van der Waals surface area (Å²) in [5.74, 6) is 3.42. The summed E-state index contributed by atoms with van der Waals surface area (Å²) in [4.78, 5) is 7.30. The topological polar surface area (TPSA) is 48.8 Å². The van der Waals surface area contributed by atoms with Gasteiger partial charge in [0, 0.05) is 62.3 Å². The molecule has 1 aromatic heterocycles. The second-order valence-corrected chi connectivity index (χ2v) is 7.84. The van der Waals surface area contributed by atoms with Crippen molar-refractivity contribution in [1.82, 2.24) is 14.5 Å². The highest BCUT2D eigenvalue weighted by Gasteiger charge is 2.30. The Hall–Kier alpha value is -2.05. The Morgan fingerprint density at radius 3 is 2.71 bits per heavy atom. The highest BCUT2D eigenvalue weighted by Crippen LogP contribution is 2.35. The van der Waals surface area contributed by atoms with Crippen molar-refractivity contribution in [2.24, 2.45) is 0 Å². The minimum atomic E-state index is 0.483. The molecule has 0 radical (unpaired) electrons. The van der Waals surface area contributed by atoms with Crippen LogP contribution in [0.1, 0.15) is 48.3 Å². The maximum absolute atomic E-state index is 5.62. The van der Waals surface area contributed by atoms with E-state index in [1.807, 2.05) is 18.3 Å². The number of likely N-dealkylation sites (tertiary alicyclic amines) is 1. The van der Waals surface area contributed by atoms with Gasteiger partial charge in [0.05, 0.1) is 14.2 Å². The Morgan fingerprint density at radius 1 is 1.14 bits per heavy atom. The van der Waals surface area contributed by atoms with Gasteiger partial charge < -0.3 is 18.8 Å². The zero-order chi connectivity index (χ0) is 19.5. The van der Waals surface area contributed by atoms with Crippen LogP contribution in [-0.4, -0.2) is 55.0 Å². The molecule has 152 valence electrons. The van der Waals surface area contributed by atoms with Crippen molar-refractivity contribution in [2.45, 2.75) is 44.7 Å². The maximum atomic E-state index is 5.62. The molecule has 0 amide bonds. The Kier molecular flexibility index (Phi) is 5.87. The Labute approximate surface area is 167 Å². The number of hydrogen-bond donors (Lipinski definition) is 0. The van der Waals surface area contributed by atoms with Crippen molar-refractivity contribution < 1.29 is 14.2 Å². The van der Waals surface area contributed by atoms with Crippen LogP contribution in [0.15, 0.2) is 24.4 Å². The van der Waals surface area contributed by atoms with E-state index in [0.29, 0.717) is 12.0 Å². The lowest BCUT2D eigenvalue weighted by Crippen LogP contribution is -2.24. The molecule has 0 N–H and O–H groups in total. The lowest BCUT2D eigenvalue weighted by Gasteiger charge is -2.26. The summed E-state index contributed by atoms with van der Waals surface area (Å²) in [5.41, 5.74) is 2.45. The Balaban J connectivity index is 1.49. The molecule has 0 saturated carbocycles. The number of nitrogens with zero attached hydrogens (tertiary/aromatic N) is 3. The van der Waals surface area contributed by atoms with Crippen molar-refractivity contribution in [3.63, 3.8) is 0 Å². The quantitative estimate of drug-likeness (QED) is 0.761. The summed E-state index contributed by atoms with van der Waals surface area (Å²) < 4.78 is 19.1. The van der Waals surface area contributed by atoms with Crippen molar-refractivity contribution >= 4 is 0 Å². The molecule has 2 saturated heterocycles. The summed E-state index contributed by atoms with van der Waals surface area (Å²) in [6.45, 7) is 6.87. The second kappa shape index (κ2) is 8.53. The number of imidazole rings is 1. The molecule has 28 heavy (non-hydrogen) atoms. The summed E-state index contributed by atoms with van der Waals surface area (Å²) in [6, 6.07) is 6.60. The monoisotopic (exact) mass is 385 g/mol. The first-order valence-corrected chi connectivity index (χ1v) is 10.2. The highest BCUT2D eigenvalue weighted by atomic mass is 16.5. The molecule has 6 nitrogen and oxygen atoms in total. The van der Waals surface area contributed by atoms with E-state index in [9.17, 15) is 0 Å². The molecule has 0 bridgehead atoms. The molecule has 1 atom stereocenters. The van der Waals surface area contributed by atoms with E-state index in [-0.39, 0.29) is 0 Å². The third-order valence-electron chi connectivity index (χ3n) is 6.09. The third-order valence-corrected chi connectivity index (χ3v) is 6.09. The fraction of sp³-hybridized carbons (Fsp3) is 0.591. The summed E-state index contributed by atoms with van der Waals surface area (Å²) >= 11 is 0. The van der Waals surface area contributed by atoms with Gasteiger partial charge in [-0.05, 0) is 32.3 Å². The van der Waals surface area contributed by atoms with Crippen LogP contribution in [0, 0.1) is 6.92 Å². The van der Waals surface area contributed by atoms with E-state index in [4.69, 9.17) is 19.2 Å². The van der Waals surface area contributed by atoms with Gasteiger partial charge in [-0.25, -0.2) is 4.98 Å². The van der Waals surface area contributed by atoms with Crippen molar-refractivity contribution in [3.8, 4) is 11.5 Å². The predicted octanol–water partition coefficient (Wildman–Crippen LogP) is 3.55. The summed E-state index contributed by atoms with van der Waals surface area (Å²) in [6.07, 6.45) is 5.35. The Morgan fingerprint density at radius 2 is 1.96 bits per heavy atom. The van der Waals surface area contributed by atoms with Crippen LogP contribution in [0.25, 0.3) is 0 Å². The van der Waals surface area contributed by atoms with Gasteiger partial charge in [0.25, 0.3) is 0 Å². The van der Waals surface area contributed by atoms with E-state index in [2.05, 4.69) is 22.5 Å². The van der Waals surface area contributed by atoms with Crippen LogP contribution >= 0.6 is 0 Å². The van der Waals surface area contributed by atoms with Crippen LogP contribution in [-0.2, 0) is 11.3 Å². The molecule has 1 unspecified atom stereocenters. The molecule has 0 spiro atoms. The minimum absolute atomic E-state index is 0.483. The third kappa shape index (κ3) is 3.76. The molecular formula is C22H31N3O3. The van der Waals surface area contributed by atoms with Crippen molar-refractivity contribution in [3.05, 3.63) is 41.5 Å². The maximum Gasteiger partial charge on any atom is 0.165 e. The molecule has 2 aromatic rings. The number of para-hydroxylation sites is 1. The van der Waals surface area contributed by atoms with E-state index < -0.39 is 0 Å². The molecule has 1 aromatic carbocycles. The zero-order valence-corrected chi connectivity index (χ0v) is 17.2. The van der Waals surface area contributed by atoms with Crippen molar-refractivity contribution in [2.75, 3.05) is 40.5 Å². The first-order chi connectivity index (χ1) is 13.7. The van der Waals surface area contributed by atoms with Crippen LogP contribution in [0.3, 0.4) is 0 Å². The first-order valence-electron chi connectivity index (χ1n) is 10.2. The molecule has 2 aliphatic rings. The van der Waals surface area contributed by atoms with Crippen LogP contribution in [0.2, 0.25) is 0 Å². The van der Waals surface area contributed by atoms with Gasteiger partial charge in [-0.15, -0.1) is 0 Å². The molecule has 0 aliphatic carbocycles. The molecule has 6 heteroatoms. The number of ether oxygens (including phenoxy) is 3. The van der Waals surface area contributed by atoms with Gasteiger partial charge in [-0.2, -0.15) is 0 Å². The smallest absolute Gasteiger partial charge is 0.165 e. The van der Waals surface area contributed by atoms with Gasteiger partial charge in [-0.1, -0.05) is 12.1 Å². The lowest BCUT2D eigenvalue weighted by atomic mass is 9.99. The number of benzene rings is 1. The Bertz CT molecular complexity index is 798. The fourth-order valence-electron chi connectivity index (χ4n) is 4.68. The number of hydrogen-bond acceptors (Lipinski definition) is 5. The second-order valence-electron chi connectivity index (χ2n) is 7.84. The van der Waals surface area contributed by atoms with Crippen LogP contribution in [0.4, 0.5) is 0 Å². The number of methoxy groups -OCH3 is 2. The average molecular weight is 386 g/mol. The predicted molar refractivity (Wildman–Crippen MR) is 108 cm³/mol. The number of aromatic nitrogens is 2. The van der Waals surface area contributed by atoms with Gasteiger partial charge in [0.15, 0.2) is 11.5 Å². The van der Waals surface area contributed by atoms with E-state index in [1.54, 1.807) is 14.2 Å². The standard InChI is InChI=1S/C22H31N3O3/c1-16-13-23-22(17-8-11-28-12-9-17)25(16)19-7-10-24(15-19)14-18-5-4-6-20(26-2)21(18)27-3/h4-6,13,17,19H,7-12,14-15H2,1-3H3. The molecule has 3 heterocycles. The van der Waals surface area contributed by atoms with Crippen LogP contribution < -0.4 is 9.47 Å². The molecule has 2 aliphatic heterocycles. The van der Waals surface area contributed by atoms with Gasteiger partial charge in [-0.3, -0.25) is 4.90 Å². The SMILES string of the molecule is COc1cccc(CN2CCC(n3c(C)cnc3C3CCOCC3)C2)c1OC. The van der Waals surface area contributed by atoms with E-state index in [1.165, 1.54) is 17.1 Å².